The van der Waals surface area contributed by atoms with Crippen LogP contribution in [0, 0.1) is 23.4 Å². The van der Waals surface area contributed by atoms with Crippen LogP contribution in [0.3, 0.4) is 0 Å². The van der Waals surface area contributed by atoms with Crippen LogP contribution in [0.5, 0.6) is 0 Å². The van der Waals surface area contributed by atoms with Crippen LogP contribution in [-0.2, 0) is 15.9 Å². The van der Waals surface area contributed by atoms with E-state index >= 15 is 0 Å². The van der Waals surface area contributed by atoms with Gasteiger partial charge in [-0.15, -0.1) is 0 Å². The Morgan fingerprint density at radius 3 is 1.90 bits per heavy atom. The summed E-state index contributed by atoms with van der Waals surface area (Å²) in [5, 5.41) is 10.9. The Morgan fingerprint density at radius 1 is 0.828 bits per heavy atom. The van der Waals surface area contributed by atoms with Gasteiger partial charge in [0.05, 0.1) is 0 Å². The van der Waals surface area contributed by atoms with Crippen LogP contribution in [-0.4, -0.2) is 24.3 Å². The number of unbranched alkanes of at least 4 members (excludes halogenated alkanes) is 5. The van der Waals surface area contributed by atoms with Crippen LogP contribution in [0.1, 0.15) is 84.1 Å². The highest BCUT2D eigenvalue weighted by molar-refractivity contribution is 5.20. The lowest BCUT2D eigenvalue weighted by Crippen LogP contribution is -2.44. The minimum Gasteiger partial charge on any atom is -0.343 e. The summed E-state index contributed by atoms with van der Waals surface area (Å²) in [7, 11) is 0. The number of aliphatic hydroxyl groups is 1. The van der Waals surface area contributed by atoms with Gasteiger partial charge in [-0.3, -0.25) is 0 Å². The van der Waals surface area contributed by atoms with Crippen LogP contribution in [0.4, 0.5) is 13.2 Å². The Morgan fingerprint density at radius 2 is 1.34 bits per heavy atom. The largest absolute Gasteiger partial charge is 0.343 e. The maximum absolute atomic E-state index is 13.9. The first-order chi connectivity index (χ1) is 13.9. The van der Waals surface area contributed by atoms with Crippen LogP contribution < -0.4 is 0 Å². The van der Waals surface area contributed by atoms with E-state index in [0.29, 0.717) is 44.6 Å². The van der Waals surface area contributed by atoms with Crippen LogP contribution in [0.15, 0.2) is 12.1 Å². The first kappa shape index (κ1) is 25.9. The zero-order valence-electron chi connectivity index (χ0n) is 18.1. The third-order valence-corrected chi connectivity index (χ3v) is 5.21. The molecule has 0 aliphatic heterocycles. The van der Waals surface area contributed by atoms with Crippen molar-refractivity contribution in [1.82, 2.24) is 0 Å². The molecule has 1 N–H and O–H groups in total. The highest BCUT2D eigenvalue weighted by atomic mass is 19.1. The van der Waals surface area contributed by atoms with Gasteiger partial charge < -0.3 is 14.6 Å². The summed E-state index contributed by atoms with van der Waals surface area (Å²) < 4.78 is 51.9. The van der Waals surface area contributed by atoms with Gasteiger partial charge in [0.2, 0.25) is 0 Å². The zero-order chi connectivity index (χ0) is 21.7. The van der Waals surface area contributed by atoms with Gasteiger partial charge in [-0.05, 0) is 39.5 Å². The minimum absolute atomic E-state index is 0.124. The topological polar surface area (TPSA) is 38.7 Å². The average Bonchev–Trinajstić information content (AvgIpc) is 2.65. The molecule has 0 aliphatic rings. The van der Waals surface area contributed by atoms with E-state index < -0.39 is 23.4 Å². The molecule has 0 aromatic heterocycles. The highest BCUT2D eigenvalue weighted by Gasteiger charge is 2.38. The van der Waals surface area contributed by atoms with Crippen molar-refractivity contribution in [2.75, 3.05) is 13.2 Å². The summed E-state index contributed by atoms with van der Waals surface area (Å²) >= 11 is 0. The molecular weight excluding hydrogens is 381 g/mol. The number of benzene rings is 1. The maximum Gasteiger partial charge on any atom is 0.283 e. The fourth-order valence-electron chi connectivity index (χ4n) is 3.71. The lowest BCUT2D eigenvalue weighted by Gasteiger charge is -2.35. The molecule has 3 nitrogen and oxygen atoms in total. The Hall–Kier alpha value is -1.11. The lowest BCUT2D eigenvalue weighted by molar-refractivity contribution is -0.385. The fourth-order valence-corrected chi connectivity index (χ4v) is 3.71. The van der Waals surface area contributed by atoms with Crippen LogP contribution in [0.25, 0.3) is 0 Å². The molecule has 6 heteroatoms. The molecule has 29 heavy (non-hydrogen) atoms. The lowest BCUT2D eigenvalue weighted by atomic mass is 9.91. The van der Waals surface area contributed by atoms with E-state index in [1.165, 1.54) is 19.3 Å². The normalized spacial score (nSPS) is 13.1. The van der Waals surface area contributed by atoms with Gasteiger partial charge in [-0.2, -0.15) is 0 Å². The van der Waals surface area contributed by atoms with E-state index in [4.69, 9.17) is 9.47 Å². The number of ether oxygens (including phenoxy) is 2. The van der Waals surface area contributed by atoms with Crippen molar-refractivity contribution < 1.29 is 27.8 Å². The smallest absolute Gasteiger partial charge is 0.283 e. The molecule has 0 amide bonds. The minimum atomic E-state index is -1.70. The van der Waals surface area contributed by atoms with Gasteiger partial charge in [-0.25, -0.2) is 13.2 Å². The van der Waals surface area contributed by atoms with Crippen LogP contribution >= 0.6 is 0 Å². The van der Waals surface area contributed by atoms with Crippen molar-refractivity contribution in [3.63, 3.8) is 0 Å². The van der Waals surface area contributed by atoms with Crippen molar-refractivity contribution in [3.8, 4) is 0 Å². The van der Waals surface area contributed by atoms with E-state index in [-0.39, 0.29) is 17.9 Å². The quantitative estimate of drug-likeness (QED) is 0.246. The Bertz CT molecular complexity index is 551. The standard InChI is InChI=1S/C23H37F3O3/c1-4-7-8-9-10-11-13-18(23(27,28-5-2)29-6-3)14-12-15-20-21(25)16-19(24)17-22(20)26/h16-18,27H,4-15H2,1-3H3. The molecule has 0 saturated heterocycles. The molecule has 1 aromatic carbocycles. The fraction of sp³-hybridized carbons (Fsp3) is 0.739. The Kier molecular flexibility index (Phi) is 12.5. The van der Waals surface area contributed by atoms with Crippen molar-refractivity contribution in [2.45, 2.75) is 91.0 Å². The first-order valence-electron chi connectivity index (χ1n) is 11.0. The molecule has 0 aliphatic carbocycles. The molecule has 0 fully saturated rings. The van der Waals surface area contributed by atoms with Gasteiger partial charge in [-0.1, -0.05) is 45.4 Å². The summed E-state index contributed by atoms with van der Waals surface area (Å²) in [5.41, 5.74) is -0.124. The van der Waals surface area contributed by atoms with E-state index in [9.17, 15) is 18.3 Å². The predicted octanol–water partition coefficient (Wildman–Crippen LogP) is 6.51. The second kappa shape index (κ2) is 14.0. The first-order valence-corrected chi connectivity index (χ1v) is 11.0. The van der Waals surface area contributed by atoms with Crippen molar-refractivity contribution in [2.24, 2.45) is 5.92 Å². The van der Waals surface area contributed by atoms with Crippen molar-refractivity contribution in [1.29, 1.82) is 0 Å². The van der Waals surface area contributed by atoms with E-state index in [2.05, 4.69) is 6.92 Å². The summed E-state index contributed by atoms with van der Waals surface area (Å²) in [6, 6.07) is 1.39. The second-order valence-corrected chi connectivity index (χ2v) is 7.49. The third-order valence-electron chi connectivity index (χ3n) is 5.21. The predicted molar refractivity (Wildman–Crippen MR) is 109 cm³/mol. The Balaban J connectivity index is 2.72. The van der Waals surface area contributed by atoms with Crippen LogP contribution in [0.2, 0.25) is 0 Å². The van der Waals surface area contributed by atoms with Gasteiger partial charge >= 0.3 is 0 Å². The van der Waals surface area contributed by atoms with E-state index in [0.717, 1.165) is 19.3 Å². The maximum atomic E-state index is 13.9. The van der Waals surface area contributed by atoms with Gasteiger partial charge in [0.1, 0.15) is 17.5 Å². The highest BCUT2D eigenvalue weighted by Crippen LogP contribution is 2.31. The monoisotopic (exact) mass is 418 g/mol. The number of hydrogen-bond donors (Lipinski definition) is 1. The number of rotatable bonds is 16. The zero-order valence-corrected chi connectivity index (χ0v) is 18.1. The molecule has 1 unspecified atom stereocenters. The third kappa shape index (κ3) is 9.06. The van der Waals surface area contributed by atoms with Crippen molar-refractivity contribution in [3.05, 3.63) is 35.1 Å². The molecule has 0 saturated carbocycles. The van der Waals surface area contributed by atoms with E-state index in [1.807, 2.05) is 0 Å². The Labute approximate surface area is 173 Å². The van der Waals surface area contributed by atoms with Crippen molar-refractivity contribution >= 4 is 0 Å². The molecule has 1 rings (SSSR count). The summed E-state index contributed by atoms with van der Waals surface area (Å²) in [6.07, 6.45) is 8.50. The second-order valence-electron chi connectivity index (χ2n) is 7.49. The molecule has 0 spiro atoms. The number of halogens is 3. The summed E-state index contributed by atoms with van der Waals surface area (Å²) in [4.78, 5) is 0. The molecule has 0 bridgehead atoms. The molecule has 1 atom stereocenters. The molecule has 1 aromatic rings. The molecular formula is C23H37F3O3. The summed E-state index contributed by atoms with van der Waals surface area (Å²) in [6.45, 7) is 6.34. The van der Waals surface area contributed by atoms with E-state index in [1.54, 1.807) is 13.8 Å². The molecule has 0 heterocycles. The van der Waals surface area contributed by atoms with Gasteiger partial charge in [0.15, 0.2) is 0 Å². The van der Waals surface area contributed by atoms with Gasteiger partial charge in [0.25, 0.3) is 5.97 Å². The number of hydrogen-bond acceptors (Lipinski definition) is 3. The van der Waals surface area contributed by atoms with Gasteiger partial charge in [0, 0.05) is 36.8 Å². The molecule has 168 valence electrons. The summed E-state index contributed by atoms with van der Waals surface area (Å²) in [5.74, 6) is -4.68. The molecule has 0 radical (unpaired) electrons. The SMILES string of the molecule is CCCCCCCCC(CCCc1c(F)cc(F)cc1F)C(O)(OCC)OCC. The average molecular weight is 419 g/mol.